The summed E-state index contributed by atoms with van der Waals surface area (Å²) < 4.78 is 17.4. The second-order valence-electron chi connectivity index (χ2n) is 11.7. The molecule has 6 heteroatoms. The van der Waals surface area contributed by atoms with Crippen LogP contribution in [0.25, 0.3) is 0 Å². The van der Waals surface area contributed by atoms with Gasteiger partial charge in [-0.2, -0.15) is 0 Å². The Morgan fingerprint density at radius 3 is 2.17 bits per heavy atom. The van der Waals surface area contributed by atoms with Crippen LogP contribution in [0, 0.1) is 46.8 Å². The molecule has 0 aromatic rings. The standard InChI is InChI=1S/C24H32O6/c1-11(25)28-19-16-7-15-17(21(26)29-20(15)19)18(16)22(27)30-23(2,3)24-8-12-4-13(9-24)6-14(5-12)10-24/h12-20H,4-10H2,1-3H3. The minimum absolute atomic E-state index is 0.0351. The second-order valence-corrected chi connectivity index (χ2v) is 11.7. The van der Waals surface area contributed by atoms with Gasteiger partial charge in [0.1, 0.15) is 17.8 Å². The molecule has 0 spiro atoms. The zero-order chi connectivity index (χ0) is 21.0. The number of carbonyl (C=O) groups is 3. The highest BCUT2D eigenvalue weighted by Crippen LogP contribution is 2.65. The summed E-state index contributed by atoms with van der Waals surface area (Å²) >= 11 is 0. The molecule has 0 radical (unpaired) electrons. The lowest BCUT2D eigenvalue weighted by atomic mass is 9.46. The number of carbonyl (C=O) groups excluding carboxylic acids is 3. The molecule has 7 aliphatic rings. The number of hydrogen-bond donors (Lipinski definition) is 0. The number of ether oxygens (including phenoxy) is 3. The fourth-order valence-electron chi connectivity index (χ4n) is 8.94. The van der Waals surface area contributed by atoms with Crippen molar-refractivity contribution in [3.8, 4) is 0 Å². The van der Waals surface area contributed by atoms with E-state index in [1.165, 1.54) is 26.2 Å². The molecule has 1 saturated heterocycles. The largest absolute Gasteiger partial charge is 0.459 e. The number of esters is 3. The van der Waals surface area contributed by atoms with Crippen LogP contribution in [0.2, 0.25) is 0 Å². The van der Waals surface area contributed by atoms with Crippen molar-refractivity contribution in [2.24, 2.45) is 46.8 Å². The molecule has 6 nitrogen and oxygen atoms in total. The fraction of sp³-hybridized carbons (Fsp3) is 0.875. The van der Waals surface area contributed by atoms with Gasteiger partial charge in [0.2, 0.25) is 0 Å². The quantitative estimate of drug-likeness (QED) is 0.517. The first-order valence-corrected chi connectivity index (χ1v) is 11.8. The minimum Gasteiger partial charge on any atom is -0.459 e. The minimum atomic E-state index is -0.557. The van der Waals surface area contributed by atoms with Crippen LogP contribution in [0.5, 0.6) is 0 Å². The Bertz CT molecular complexity index is 779. The van der Waals surface area contributed by atoms with Crippen molar-refractivity contribution in [1.82, 2.24) is 0 Å². The molecule has 7 rings (SSSR count). The summed E-state index contributed by atoms with van der Waals surface area (Å²) in [7, 11) is 0. The van der Waals surface area contributed by atoms with Crippen LogP contribution in [0.3, 0.4) is 0 Å². The zero-order valence-electron chi connectivity index (χ0n) is 18.1. The van der Waals surface area contributed by atoms with E-state index in [1.54, 1.807) is 0 Å². The van der Waals surface area contributed by atoms with Crippen LogP contribution in [0.15, 0.2) is 0 Å². The molecule has 6 bridgehead atoms. The summed E-state index contributed by atoms with van der Waals surface area (Å²) in [6, 6.07) is 0. The van der Waals surface area contributed by atoms with E-state index >= 15 is 0 Å². The van der Waals surface area contributed by atoms with Crippen LogP contribution >= 0.6 is 0 Å². The second kappa shape index (κ2) is 6.01. The van der Waals surface area contributed by atoms with E-state index in [-0.39, 0.29) is 29.2 Å². The van der Waals surface area contributed by atoms with Crippen LogP contribution in [0.1, 0.15) is 65.7 Å². The third-order valence-corrected chi connectivity index (χ3v) is 9.79. The van der Waals surface area contributed by atoms with E-state index in [0.717, 1.165) is 37.0 Å². The molecule has 0 N–H and O–H groups in total. The third-order valence-electron chi connectivity index (χ3n) is 9.79. The Morgan fingerprint density at radius 1 is 1.00 bits per heavy atom. The maximum atomic E-state index is 13.5. The Labute approximate surface area is 177 Å². The van der Waals surface area contributed by atoms with Gasteiger partial charge in [-0.25, -0.2) is 0 Å². The Morgan fingerprint density at radius 2 is 1.60 bits per heavy atom. The maximum absolute atomic E-state index is 13.5. The zero-order valence-corrected chi connectivity index (χ0v) is 18.1. The smallest absolute Gasteiger partial charge is 0.310 e. The summed E-state index contributed by atoms with van der Waals surface area (Å²) in [6.07, 6.45) is 7.26. The molecule has 164 valence electrons. The van der Waals surface area contributed by atoms with Crippen molar-refractivity contribution in [1.29, 1.82) is 0 Å². The van der Waals surface area contributed by atoms with Crippen molar-refractivity contribution in [3.05, 3.63) is 0 Å². The van der Waals surface area contributed by atoms with Crippen LogP contribution < -0.4 is 0 Å². The first-order valence-electron chi connectivity index (χ1n) is 11.8. The van der Waals surface area contributed by atoms with Gasteiger partial charge in [0.25, 0.3) is 0 Å². The highest BCUT2D eigenvalue weighted by atomic mass is 16.6. The number of hydrogen-bond acceptors (Lipinski definition) is 6. The van der Waals surface area contributed by atoms with Gasteiger partial charge in [0.05, 0.1) is 11.8 Å². The average Bonchev–Trinajstić information content (AvgIpc) is 3.23. The molecular weight excluding hydrogens is 384 g/mol. The number of fused-ring (bicyclic) bond motifs is 1. The molecule has 6 atom stereocenters. The molecule has 1 heterocycles. The summed E-state index contributed by atoms with van der Waals surface area (Å²) in [5.41, 5.74) is -0.496. The van der Waals surface area contributed by atoms with E-state index in [9.17, 15) is 14.4 Å². The van der Waals surface area contributed by atoms with E-state index in [0.29, 0.717) is 6.42 Å². The molecule has 0 amide bonds. The predicted molar refractivity (Wildman–Crippen MR) is 105 cm³/mol. The van der Waals surface area contributed by atoms with E-state index in [2.05, 4.69) is 13.8 Å². The Balaban J connectivity index is 1.25. The Kier molecular flexibility index (Phi) is 3.83. The highest BCUT2D eigenvalue weighted by molar-refractivity contribution is 5.86. The summed E-state index contributed by atoms with van der Waals surface area (Å²) in [5.74, 6) is 0.103. The van der Waals surface area contributed by atoms with E-state index in [1.807, 2.05) is 0 Å². The molecular formula is C24H32O6. The fourth-order valence-corrected chi connectivity index (χ4v) is 8.94. The molecule has 6 saturated carbocycles. The maximum Gasteiger partial charge on any atom is 0.310 e. The van der Waals surface area contributed by atoms with Crippen LogP contribution in [-0.2, 0) is 28.6 Å². The molecule has 7 fully saturated rings. The van der Waals surface area contributed by atoms with Crippen molar-refractivity contribution >= 4 is 17.9 Å². The molecule has 30 heavy (non-hydrogen) atoms. The topological polar surface area (TPSA) is 78.9 Å². The van der Waals surface area contributed by atoms with Crippen LogP contribution in [0.4, 0.5) is 0 Å². The lowest BCUT2D eigenvalue weighted by Gasteiger charge is -2.61. The van der Waals surface area contributed by atoms with Crippen molar-refractivity contribution in [3.63, 3.8) is 0 Å². The normalized spacial score (nSPS) is 50.0. The average molecular weight is 417 g/mol. The van der Waals surface area contributed by atoms with Crippen LogP contribution in [-0.4, -0.2) is 35.7 Å². The van der Waals surface area contributed by atoms with Gasteiger partial charge in [-0.1, -0.05) is 0 Å². The van der Waals surface area contributed by atoms with Gasteiger partial charge in [-0.05, 0) is 76.5 Å². The lowest BCUT2D eigenvalue weighted by Crippen LogP contribution is -2.58. The molecule has 0 aromatic heterocycles. The van der Waals surface area contributed by atoms with Gasteiger partial charge in [-0.15, -0.1) is 0 Å². The lowest BCUT2D eigenvalue weighted by molar-refractivity contribution is -0.206. The van der Waals surface area contributed by atoms with E-state index in [4.69, 9.17) is 14.2 Å². The third kappa shape index (κ3) is 2.45. The number of rotatable bonds is 4. The first kappa shape index (κ1) is 19.1. The van der Waals surface area contributed by atoms with Gasteiger partial charge < -0.3 is 14.2 Å². The van der Waals surface area contributed by atoms with Crippen molar-refractivity contribution in [2.75, 3.05) is 0 Å². The summed E-state index contributed by atoms with van der Waals surface area (Å²) in [4.78, 5) is 37.7. The van der Waals surface area contributed by atoms with Gasteiger partial charge in [0, 0.05) is 24.2 Å². The van der Waals surface area contributed by atoms with Gasteiger partial charge >= 0.3 is 17.9 Å². The molecule has 6 unspecified atom stereocenters. The van der Waals surface area contributed by atoms with E-state index < -0.39 is 35.6 Å². The summed E-state index contributed by atoms with van der Waals surface area (Å²) in [5, 5.41) is 0. The van der Waals surface area contributed by atoms with Gasteiger partial charge in [0.15, 0.2) is 0 Å². The van der Waals surface area contributed by atoms with Crippen molar-refractivity contribution < 1.29 is 28.6 Å². The summed E-state index contributed by atoms with van der Waals surface area (Å²) in [6.45, 7) is 5.54. The Hall–Kier alpha value is -1.59. The predicted octanol–water partition coefficient (Wildman–Crippen LogP) is 3.26. The highest BCUT2D eigenvalue weighted by Gasteiger charge is 2.70. The monoisotopic (exact) mass is 416 g/mol. The first-order chi connectivity index (χ1) is 14.2. The van der Waals surface area contributed by atoms with Gasteiger partial charge in [-0.3, -0.25) is 14.4 Å². The molecule has 6 aliphatic carbocycles. The molecule has 0 aromatic carbocycles. The van der Waals surface area contributed by atoms with Crippen molar-refractivity contribution in [2.45, 2.75) is 83.5 Å². The SMILES string of the molecule is CC(=O)OC1C2CC3C1OC(=O)C3C2C(=O)OC(C)(C)C12CC3CC(CC(C3)C1)C2. The molecule has 1 aliphatic heterocycles.